The Balaban J connectivity index is 1.71. The van der Waals surface area contributed by atoms with Crippen LogP contribution in [0.4, 0.5) is 0 Å². The smallest absolute Gasteiger partial charge is 0.243 e. The summed E-state index contributed by atoms with van der Waals surface area (Å²) in [6.07, 6.45) is 7.12. The Morgan fingerprint density at radius 2 is 1.72 bits per heavy atom. The molecule has 5 nitrogen and oxygen atoms in total. The van der Waals surface area contributed by atoms with E-state index in [0.29, 0.717) is 11.6 Å². The van der Waals surface area contributed by atoms with Crippen molar-refractivity contribution >= 4 is 27.5 Å². The average molecular weight is 385 g/mol. The molecule has 1 aromatic rings. The highest BCUT2D eigenvalue weighted by Crippen LogP contribution is 2.28. The largest absolute Gasteiger partial charge is 0.353 e. The van der Waals surface area contributed by atoms with Crippen LogP contribution in [-0.4, -0.2) is 37.3 Å². The second kappa shape index (κ2) is 8.06. The van der Waals surface area contributed by atoms with Crippen molar-refractivity contribution in [1.29, 1.82) is 0 Å². The maximum atomic E-state index is 13.0. The molecule has 0 bridgehead atoms. The van der Waals surface area contributed by atoms with Crippen LogP contribution in [0.1, 0.15) is 51.4 Å². The molecular weight excluding hydrogens is 360 g/mol. The third-order valence-electron chi connectivity index (χ3n) is 5.13. The fourth-order valence-corrected chi connectivity index (χ4v) is 5.63. The minimum atomic E-state index is -3.61. The number of amides is 1. The Bertz CT molecular complexity index is 700. The van der Waals surface area contributed by atoms with E-state index in [1.54, 1.807) is 12.1 Å². The van der Waals surface area contributed by atoms with E-state index in [9.17, 15) is 13.2 Å². The lowest BCUT2D eigenvalue weighted by atomic mass is 10.0. The number of carbonyl (C=O) groups excluding carboxylic acids is 1. The van der Waals surface area contributed by atoms with Crippen molar-refractivity contribution in [3.05, 3.63) is 29.3 Å². The molecule has 1 aliphatic carbocycles. The minimum absolute atomic E-state index is 0.0323. The van der Waals surface area contributed by atoms with Crippen LogP contribution in [0.2, 0.25) is 5.02 Å². The molecule has 1 aromatic carbocycles. The molecule has 0 aromatic heterocycles. The lowest BCUT2D eigenvalue weighted by Crippen LogP contribution is -2.46. The third-order valence-corrected chi connectivity index (χ3v) is 7.35. The van der Waals surface area contributed by atoms with Gasteiger partial charge in [-0.25, -0.2) is 8.42 Å². The van der Waals surface area contributed by atoms with Gasteiger partial charge in [0.1, 0.15) is 0 Å². The first kappa shape index (κ1) is 18.7. The van der Waals surface area contributed by atoms with Crippen LogP contribution in [0.25, 0.3) is 0 Å². The highest BCUT2D eigenvalue weighted by molar-refractivity contribution is 7.89. The van der Waals surface area contributed by atoms with Crippen LogP contribution in [0.5, 0.6) is 0 Å². The van der Waals surface area contributed by atoms with Gasteiger partial charge >= 0.3 is 0 Å². The molecule has 0 spiro atoms. The van der Waals surface area contributed by atoms with Crippen LogP contribution in [-0.2, 0) is 14.8 Å². The zero-order valence-electron chi connectivity index (χ0n) is 14.3. The van der Waals surface area contributed by atoms with Crippen molar-refractivity contribution in [3.63, 3.8) is 0 Å². The number of hydrogen-bond acceptors (Lipinski definition) is 3. The molecular formula is C18H25ClN2O3S. The number of rotatable bonds is 5. The van der Waals surface area contributed by atoms with Gasteiger partial charge in [-0.2, -0.15) is 4.31 Å². The van der Waals surface area contributed by atoms with E-state index in [-0.39, 0.29) is 29.3 Å². The number of piperidine rings is 1. The molecule has 1 N–H and O–H groups in total. The minimum Gasteiger partial charge on any atom is -0.353 e. The zero-order valence-corrected chi connectivity index (χ0v) is 15.9. The van der Waals surface area contributed by atoms with Gasteiger partial charge < -0.3 is 5.32 Å². The Kier molecular flexibility index (Phi) is 6.02. The van der Waals surface area contributed by atoms with Crippen LogP contribution < -0.4 is 5.32 Å². The van der Waals surface area contributed by atoms with Gasteiger partial charge in [0.15, 0.2) is 0 Å². The van der Waals surface area contributed by atoms with E-state index in [2.05, 4.69) is 5.32 Å². The first-order chi connectivity index (χ1) is 12.0. The van der Waals surface area contributed by atoms with E-state index < -0.39 is 10.0 Å². The molecule has 1 unspecified atom stereocenters. The molecule has 0 radical (unpaired) electrons. The second-order valence-corrected chi connectivity index (χ2v) is 9.30. The molecule has 2 aliphatic rings. The monoisotopic (exact) mass is 384 g/mol. The summed E-state index contributed by atoms with van der Waals surface area (Å²) >= 11 is 5.86. The summed E-state index contributed by atoms with van der Waals surface area (Å²) in [5, 5.41) is 3.57. The number of halogens is 1. The van der Waals surface area contributed by atoms with Gasteiger partial charge in [0.2, 0.25) is 15.9 Å². The van der Waals surface area contributed by atoms with Gasteiger partial charge in [-0.3, -0.25) is 4.79 Å². The van der Waals surface area contributed by atoms with Crippen LogP contribution in [0.15, 0.2) is 29.2 Å². The Hall–Kier alpha value is -1.11. The summed E-state index contributed by atoms with van der Waals surface area (Å²) in [4.78, 5) is 12.6. The third kappa shape index (κ3) is 4.54. The Morgan fingerprint density at radius 1 is 1.08 bits per heavy atom. The molecule has 1 heterocycles. The van der Waals surface area contributed by atoms with Gasteiger partial charge in [-0.15, -0.1) is 0 Å². The lowest BCUT2D eigenvalue weighted by molar-refractivity contribution is -0.122. The fourth-order valence-electron chi connectivity index (χ4n) is 3.81. The number of sulfonamides is 1. The Morgan fingerprint density at radius 3 is 2.40 bits per heavy atom. The van der Waals surface area contributed by atoms with Gasteiger partial charge in [-0.05, 0) is 49.9 Å². The van der Waals surface area contributed by atoms with Gasteiger partial charge in [0.05, 0.1) is 4.90 Å². The summed E-state index contributed by atoms with van der Waals surface area (Å²) < 4.78 is 27.5. The SMILES string of the molecule is O=C(CC1CCCCN1S(=O)(=O)c1ccc(Cl)cc1)NC1CCCC1. The average Bonchev–Trinajstić information content (AvgIpc) is 3.08. The molecule has 7 heteroatoms. The van der Waals surface area contributed by atoms with Crippen LogP contribution in [0.3, 0.4) is 0 Å². The lowest BCUT2D eigenvalue weighted by Gasteiger charge is -2.34. The Labute approximate surface area is 154 Å². The summed E-state index contributed by atoms with van der Waals surface area (Å²) in [5.74, 6) is -0.0323. The molecule has 3 rings (SSSR count). The zero-order chi connectivity index (χ0) is 17.9. The second-order valence-electron chi connectivity index (χ2n) is 6.97. The molecule has 1 saturated carbocycles. The summed E-state index contributed by atoms with van der Waals surface area (Å²) in [6.45, 7) is 0.465. The van der Waals surface area contributed by atoms with Crippen molar-refractivity contribution in [1.82, 2.24) is 9.62 Å². The summed E-state index contributed by atoms with van der Waals surface area (Å²) in [5.41, 5.74) is 0. The number of carbonyl (C=O) groups is 1. The first-order valence-corrected chi connectivity index (χ1v) is 10.9. The predicted octanol–water partition coefficient (Wildman–Crippen LogP) is 3.33. The first-order valence-electron chi connectivity index (χ1n) is 9.03. The van der Waals surface area contributed by atoms with Crippen LogP contribution in [0, 0.1) is 0 Å². The number of hydrogen-bond donors (Lipinski definition) is 1. The number of benzene rings is 1. The molecule has 1 atom stereocenters. The fraction of sp³-hybridized carbons (Fsp3) is 0.611. The highest BCUT2D eigenvalue weighted by atomic mass is 35.5. The van der Waals surface area contributed by atoms with E-state index >= 15 is 0 Å². The number of nitrogens with one attached hydrogen (secondary N) is 1. The van der Waals surface area contributed by atoms with E-state index in [1.807, 2.05) is 0 Å². The molecule has 2 fully saturated rings. The van der Waals surface area contributed by atoms with Crippen molar-refractivity contribution in [2.45, 2.75) is 68.3 Å². The normalized spacial score (nSPS) is 22.8. The van der Waals surface area contributed by atoms with Gasteiger partial charge in [0.25, 0.3) is 0 Å². The molecule has 138 valence electrons. The molecule has 1 aliphatic heterocycles. The van der Waals surface area contributed by atoms with Crippen molar-refractivity contribution < 1.29 is 13.2 Å². The van der Waals surface area contributed by atoms with Crippen molar-refractivity contribution in [3.8, 4) is 0 Å². The van der Waals surface area contributed by atoms with Gasteiger partial charge in [0, 0.05) is 30.1 Å². The maximum Gasteiger partial charge on any atom is 0.243 e. The van der Waals surface area contributed by atoms with Crippen molar-refractivity contribution in [2.75, 3.05) is 6.54 Å². The number of nitrogens with zero attached hydrogens (tertiary/aromatic N) is 1. The van der Waals surface area contributed by atoms with E-state index in [4.69, 9.17) is 11.6 Å². The van der Waals surface area contributed by atoms with E-state index in [0.717, 1.165) is 44.9 Å². The topological polar surface area (TPSA) is 66.5 Å². The highest BCUT2D eigenvalue weighted by Gasteiger charge is 2.35. The quantitative estimate of drug-likeness (QED) is 0.846. The maximum absolute atomic E-state index is 13.0. The molecule has 25 heavy (non-hydrogen) atoms. The summed E-state index contributed by atoms with van der Waals surface area (Å²) in [7, 11) is -3.61. The van der Waals surface area contributed by atoms with E-state index in [1.165, 1.54) is 16.4 Å². The van der Waals surface area contributed by atoms with Gasteiger partial charge in [-0.1, -0.05) is 30.9 Å². The predicted molar refractivity (Wildman–Crippen MR) is 98.0 cm³/mol. The van der Waals surface area contributed by atoms with Crippen LogP contribution >= 0.6 is 11.6 Å². The van der Waals surface area contributed by atoms with Crippen molar-refractivity contribution in [2.24, 2.45) is 0 Å². The summed E-state index contributed by atoms with van der Waals surface area (Å²) in [6, 6.07) is 6.22. The molecule has 1 amide bonds. The standard InChI is InChI=1S/C18H25ClN2O3S/c19-14-8-10-17(11-9-14)25(23,24)21-12-4-3-7-16(21)13-18(22)20-15-5-1-2-6-15/h8-11,15-16H,1-7,12-13H2,(H,20,22). The molecule has 1 saturated heterocycles.